The van der Waals surface area contributed by atoms with Crippen molar-refractivity contribution in [1.29, 1.82) is 0 Å². The highest BCUT2D eigenvalue weighted by Crippen LogP contribution is 2.38. The Labute approximate surface area is 146 Å². The standard InChI is InChI=1S/C14H11Cl2N5OS/c1-2-11(22)19-14-20-12(9-4-3-8(15)5-10(9)16)13(23-14)21-7-17-6-18-21/h3-7H,2H2,1H3,(H,19,20,22). The zero-order valence-electron chi connectivity index (χ0n) is 12.0. The zero-order valence-corrected chi connectivity index (χ0v) is 14.3. The summed E-state index contributed by atoms with van der Waals surface area (Å²) >= 11 is 13.5. The van der Waals surface area contributed by atoms with Gasteiger partial charge in [-0.3, -0.25) is 4.79 Å². The van der Waals surface area contributed by atoms with Gasteiger partial charge in [-0.25, -0.2) is 14.6 Å². The number of amides is 1. The van der Waals surface area contributed by atoms with Crippen LogP contribution in [0.5, 0.6) is 0 Å². The average molecular weight is 368 g/mol. The number of hydrogen-bond donors (Lipinski definition) is 1. The van der Waals surface area contributed by atoms with Gasteiger partial charge in [0.15, 0.2) is 5.13 Å². The highest BCUT2D eigenvalue weighted by Gasteiger charge is 2.18. The molecule has 9 heteroatoms. The largest absolute Gasteiger partial charge is 0.302 e. The van der Waals surface area contributed by atoms with Crippen molar-refractivity contribution in [2.24, 2.45) is 0 Å². The Kier molecular flexibility index (Phi) is 4.61. The van der Waals surface area contributed by atoms with E-state index in [1.54, 1.807) is 36.1 Å². The molecule has 118 valence electrons. The van der Waals surface area contributed by atoms with Gasteiger partial charge >= 0.3 is 0 Å². The first-order valence-corrected chi connectivity index (χ1v) is 8.27. The number of halogens is 2. The molecule has 0 fully saturated rings. The first-order chi connectivity index (χ1) is 11.1. The van der Waals surface area contributed by atoms with Crippen molar-refractivity contribution in [3.05, 3.63) is 40.9 Å². The highest BCUT2D eigenvalue weighted by atomic mass is 35.5. The molecule has 1 aromatic carbocycles. The minimum atomic E-state index is -0.113. The molecule has 0 saturated heterocycles. The second-order valence-corrected chi connectivity index (χ2v) is 6.36. The van der Waals surface area contributed by atoms with Gasteiger partial charge in [0.2, 0.25) is 5.91 Å². The average Bonchev–Trinajstić information content (AvgIpc) is 3.16. The van der Waals surface area contributed by atoms with Gasteiger partial charge in [-0.2, -0.15) is 5.10 Å². The molecule has 0 saturated carbocycles. The molecule has 0 bridgehead atoms. The Hall–Kier alpha value is -1.96. The number of thiazole rings is 1. The Morgan fingerprint density at radius 2 is 2.22 bits per heavy atom. The number of benzene rings is 1. The Balaban J connectivity index is 2.12. The maximum absolute atomic E-state index is 11.6. The summed E-state index contributed by atoms with van der Waals surface area (Å²) in [5.74, 6) is -0.113. The van der Waals surface area contributed by atoms with Crippen LogP contribution in [0.2, 0.25) is 10.0 Å². The van der Waals surface area contributed by atoms with E-state index < -0.39 is 0 Å². The molecule has 0 aliphatic carbocycles. The molecule has 1 N–H and O–H groups in total. The van der Waals surface area contributed by atoms with Crippen molar-refractivity contribution in [2.45, 2.75) is 13.3 Å². The summed E-state index contributed by atoms with van der Waals surface area (Å²) in [7, 11) is 0. The minimum absolute atomic E-state index is 0.113. The lowest BCUT2D eigenvalue weighted by Gasteiger charge is -2.04. The second-order valence-electron chi connectivity index (χ2n) is 4.54. The molecule has 2 heterocycles. The van der Waals surface area contributed by atoms with Crippen molar-refractivity contribution in [3.8, 4) is 16.3 Å². The van der Waals surface area contributed by atoms with E-state index in [0.717, 1.165) is 0 Å². The third-order valence-electron chi connectivity index (χ3n) is 2.99. The number of rotatable bonds is 4. The Morgan fingerprint density at radius 1 is 1.39 bits per heavy atom. The molecule has 0 atom stereocenters. The quantitative estimate of drug-likeness (QED) is 0.754. The smallest absolute Gasteiger partial charge is 0.225 e. The number of nitrogens with one attached hydrogen (secondary N) is 1. The lowest BCUT2D eigenvalue weighted by atomic mass is 10.1. The van der Waals surface area contributed by atoms with Crippen molar-refractivity contribution in [1.82, 2.24) is 19.7 Å². The first-order valence-electron chi connectivity index (χ1n) is 6.69. The molecule has 23 heavy (non-hydrogen) atoms. The van der Waals surface area contributed by atoms with E-state index >= 15 is 0 Å². The number of aromatic nitrogens is 4. The molecular weight excluding hydrogens is 357 g/mol. The molecule has 0 spiro atoms. The van der Waals surface area contributed by atoms with E-state index in [9.17, 15) is 4.79 Å². The molecule has 0 aliphatic rings. The summed E-state index contributed by atoms with van der Waals surface area (Å²) in [6.45, 7) is 1.78. The van der Waals surface area contributed by atoms with E-state index in [1.165, 1.54) is 17.7 Å². The van der Waals surface area contributed by atoms with Crippen LogP contribution in [-0.2, 0) is 4.79 Å². The highest BCUT2D eigenvalue weighted by molar-refractivity contribution is 7.18. The van der Waals surface area contributed by atoms with Crippen molar-refractivity contribution < 1.29 is 4.79 Å². The maximum Gasteiger partial charge on any atom is 0.225 e. The lowest BCUT2D eigenvalue weighted by molar-refractivity contribution is -0.115. The van der Waals surface area contributed by atoms with E-state index in [4.69, 9.17) is 23.2 Å². The van der Waals surface area contributed by atoms with Crippen LogP contribution in [0.1, 0.15) is 13.3 Å². The maximum atomic E-state index is 11.6. The van der Waals surface area contributed by atoms with Crippen LogP contribution in [0, 0.1) is 0 Å². The molecule has 3 rings (SSSR count). The van der Waals surface area contributed by atoms with Crippen LogP contribution in [0.3, 0.4) is 0 Å². The van der Waals surface area contributed by atoms with Crippen molar-refractivity contribution >= 4 is 45.6 Å². The van der Waals surface area contributed by atoms with Gasteiger partial charge in [0, 0.05) is 17.0 Å². The summed E-state index contributed by atoms with van der Waals surface area (Å²) in [4.78, 5) is 20.0. The summed E-state index contributed by atoms with van der Waals surface area (Å²) < 4.78 is 1.58. The SMILES string of the molecule is CCC(=O)Nc1nc(-c2ccc(Cl)cc2Cl)c(-n2cncn2)s1. The van der Waals surface area contributed by atoms with E-state index in [2.05, 4.69) is 20.4 Å². The van der Waals surface area contributed by atoms with Crippen molar-refractivity contribution in [2.75, 3.05) is 5.32 Å². The van der Waals surface area contributed by atoms with Crippen LogP contribution >= 0.6 is 34.5 Å². The van der Waals surface area contributed by atoms with Gasteiger partial charge in [0.25, 0.3) is 0 Å². The molecule has 1 amide bonds. The van der Waals surface area contributed by atoms with Gasteiger partial charge in [-0.1, -0.05) is 41.5 Å². The lowest BCUT2D eigenvalue weighted by Crippen LogP contribution is -2.08. The van der Waals surface area contributed by atoms with E-state index in [1.807, 2.05) is 0 Å². The second kappa shape index (κ2) is 6.66. The Morgan fingerprint density at radius 3 is 2.87 bits per heavy atom. The Bertz CT molecular complexity index is 847. The molecule has 0 aliphatic heterocycles. The predicted molar refractivity (Wildman–Crippen MR) is 91.4 cm³/mol. The number of carbonyl (C=O) groups excluding carboxylic acids is 1. The van der Waals surface area contributed by atoms with Gasteiger partial charge in [-0.15, -0.1) is 0 Å². The first kappa shape index (κ1) is 15.9. The fraction of sp³-hybridized carbons (Fsp3) is 0.143. The number of carbonyl (C=O) groups is 1. The molecule has 0 radical (unpaired) electrons. The molecular formula is C14H11Cl2N5OS. The summed E-state index contributed by atoms with van der Waals surface area (Å²) in [6.07, 6.45) is 3.36. The molecule has 3 aromatic rings. The number of anilines is 1. The zero-order chi connectivity index (χ0) is 16.4. The fourth-order valence-electron chi connectivity index (χ4n) is 1.90. The van der Waals surface area contributed by atoms with Gasteiger partial charge < -0.3 is 5.32 Å². The normalized spacial score (nSPS) is 10.7. The monoisotopic (exact) mass is 367 g/mol. The van der Waals surface area contributed by atoms with Gasteiger partial charge in [0.05, 0.1) is 5.02 Å². The molecule has 0 unspecified atom stereocenters. The predicted octanol–water partition coefficient (Wildman–Crippen LogP) is 4.05. The van der Waals surface area contributed by atoms with Crippen LogP contribution in [0.25, 0.3) is 16.3 Å². The molecule has 6 nitrogen and oxygen atoms in total. The van der Waals surface area contributed by atoms with Crippen molar-refractivity contribution in [3.63, 3.8) is 0 Å². The number of hydrogen-bond acceptors (Lipinski definition) is 5. The van der Waals surface area contributed by atoms with Crippen LogP contribution in [0.4, 0.5) is 5.13 Å². The third kappa shape index (κ3) is 3.36. The summed E-state index contributed by atoms with van der Waals surface area (Å²) in [6, 6.07) is 5.16. The van der Waals surface area contributed by atoms with E-state index in [-0.39, 0.29) is 5.91 Å². The van der Waals surface area contributed by atoms with E-state index in [0.29, 0.717) is 37.9 Å². The summed E-state index contributed by atoms with van der Waals surface area (Å²) in [5, 5.41) is 9.07. The van der Waals surface area contributed by atoms with Gasteiger partial charge in [-0.05, 0) is 18.2 Å². The van der Waals surface area contributed by atoms with Crippen LogP contribution in [0.15, 0.2) is 30.9 Å². The molecule has 2 aromatic heterocycles. The summed E-state index contributed by atoms with van der Waals surface area (Å²) in [5.41, 5.74) is 1.31. The third-order valence-corrected chi connectivity index (χ3v) is 4.50. The number of nitrogens with zero attached hydrogens (tertiary/aromatic N) is 4. The minimum Gasteiger partial charge on any atom is -0.302 e. The van der Waals surface area contributed by atoms with Crippen LogP contribution < -0.4 is 5.32 Å². The van der Waals surface area contributed by atoms with Crippen LogP contribution in [-0.4, -0.2) is 25.7 Å². The van der Waals surface area contributed by atoms with Gasteiger partial charge in [0.1, 0.15) is 23.3 Å². The fourth-order valence-corrected chi connectivity index (χ4v) is 3.32. The topological polar surface area (TPSA) is 72.7 Å².